The number of pyridine rings is 1. The van der Waals surface area contributed by atoms with E-state index in [1.807, 2.05) is 24.3 Å². The Hall–Kier alpha value is -3.73. The number of amides is 3. The van der Waals surface area contributed by atoms with Gasteiger partial charge in [0, 0.05) is 35.0 Å². The molecule has 39 heavy (non-hydrogen) atoms. The van der Waals surface area contributed by atoms with Crippen LogP contribution in [0.4, 0.5) is 19.0 Å². The Morgan fingerprint density at radius 2 is 1.95 bits per heavy atom. The van der Waals surface area contributed by atoms with Crippen molar-refractivity contribution in [1.82, 2.24) is 15.2 Å². The highest BCUT2D eigenvalue weighted by molar-refractivity contribution is 7.14. The van der Waals surface area contributed by atoms with Crippen LogP contribution in [0.2, 0.25) is 0 Å². The number of hydrogen-bond donors (Lipinski definition) is 2. The number of carbonyl (C=O) groups excluding carboxylic acids is 3. The average molecular weight is 555 g/mol. The van der Waals surface area contributed by atoms with Gasteiger partial charge in [-0.2, -0.15) is 13.2 Å². The number of likely N-dealkylation sites (tertiary alicyclic amines) is 1. The Labute approximate surface area is 226 Å². The molecular formula is C28H25F3N4O3S. The van der Waals surface area contributed by atoms with Crippen molar-refractivity contribution < 1.29 is 27.6 Å². The summed E-state index contributed by atoms with van der Waals surface area (Å²) in [6.45, 7) is 0.238. The molecule has 1 aliphatic carbocycles. The van der Waals surface area contributed by atoms with E-state index in [9.17, 15) is 27.6 Å². The molecule has 11 heteroatoms. The summed E-state index contributed by atoms with van der Waals surface area (Å²) in [6, 6.07) is 12.7. The zero-order valence-corrected chi connectivity index (χ0v) is 21.7. The van der Waals surface area contributed by atoms with Crippen LogP contribution in [0, 0.1) is 0 Å². The molecule has 3 aliphatic rings. The van der Waals surface area contributed by atoms with Crippen LogP contribution in [0.1, 0.15) is 50.5 Å². The SMILES string of the molecule is C[C@@H]1[C@H](c2ccccc2)C[C@H](NC(=O)c2cc3c(s2)C[C@@]2(C3)C(=O)Nc3ncccc32)C(=O)N1CC(F)(F)F. The number of thiophene rings is 1. The van der Waals surface area contributed by atoms with E-state index in [4.69, 9.17) is 0 Å². The van der Waals surface area contributed by atoms with Gasteiger partial charge in [0.1, 0.15) is 18.4 Å². The fourth-order valence-electron chi connectivity index (χ4n) is 6.18. The van der Waals surface area contributed by atoms with E-state index in [1.54, 1.807) is 37.4 Å². The van der Waals surface area contributed by atoms with Gasteiger partial charge in [0.15, 0.2) is 0 Å². The summed E-state index contributed by atoms with van der Waals surface area (Å²) < 4.78 is 40.2. The maximum Gasteiger partial charge on any atom is 0.406 e. The number of nitrogens with zero attached hydrogens (tertiary/aromatic N) is 2. The molecule has 1 fully saturated rings. The molecule has 2 N–H and O–H groups in total. The molecule has 3 amide bonds. The van der Waals surface area contributed by atoms with Crippen LogP contribution in [0.25, 0.3) is 0 Å². The number of anilines is 1. The monoisotopic (exact) mass is 554 g/mol. The molecule has 3 aromatic rings. The van der Waals surface area contributed by atoms with Crippen molar-refractivity contribution in [3.05, 3.63) is 81.2 Å². The largest absolute Gasteiger partial charge is 0.406 e. The van der Waals surface area contributed by atoms with Crippen molar-refractivity contribution in [1.29, 1.82) is 0 Å². The predicted octanol–water partition coefficient (Wildman–Crippen LogP) is 4.20. The van der Waals surface area contributed by atoms with Crippen molar-refractivity contribution in [3.63, 3.8) is 0 Å². The average Bonchev–Trinajstić information content (AvgIpc) is 3.54. The molecule has 0 unspecified atom stereocenters. The summed E-state index contributed by atoms with van der Waals surface area (Å²) in [5.41, 5.74) is 1.77. The molecule has 4 atom stereocenters. The van der Waals surface area contributed by atoms with Gasteiger partial charge in [-0.15, -0.1) is 11.3 Å². The van der Waals surface area contributed by atoms with Crippen molar-refractivity contribution in [2.45, 2.75) is 55.8 Å². The number of carbonyl (C=O) groups is 3. The number of rotatable bonds is 4. The number of aromatic nitrogens is 1. The van der Waals surface area contributed by atoms with Gasteiger partial charge in [-0.1, -0.05) is 36.4 Å². The van der Waals surface area contributed by atoms with Gasteiger partial charge in [-0.3, -0.25) is 14.4 Å². The summed E-state index contributed by atoms with van der Waals surface area (Å²) in [7, 11) is 0. The van der Waals surface area contributed by atoms with Crippen LogP contribution in [0.5, 0.6) is 0 Å². The van der Waals surface area contributed by atoms with E-state index in [1.165, 1.54) is 11.3 Å². The van der Waals surface area contributed by atoms with E-state index in [-0.39, 0.29) is 18.2 Å². The third kappa shape index (κ3) is 4.38. The van der Waals surface area contributed by atoms with E-state index < -0.39 is 42.0 Å². The van der Waals surface area contributed by atoms with Gasteiger partial charge < -0.3 is 15.5 Å². The Morgan fingerprint density at radius 1 is 1.18 bits per heavy atom. The lowest BCUT2D eigenvalue weighted by molar-refractivity contribution is -0.170. The Bertz CT molecular complexity index is 1450. The minimum atomic E-state index is -4.57. The van der Waals surface area contributed by atoms with Crippen molar-refractivity contribution in [3.8, 4) is 0 Å². The fraction of sp³-hybridized carbons (Fsp3) is 0.357. The molecule has 4 heterocycles. The van der Waals surface area contributed by atoms with Crippen LogP contribution < -0.4 is 10.6 Å². The normalized spacial score (nSPS) is 25.9. The van der Waals surface area contributed by atoms with Gasteiger partial charge in [0.05, 0.1) is 10.3 Å². The molecule has 2 aliphatic heterocycles. The molecule has 1 saturated heterocycles. The number of piperidine rings is 1. The first-order valence-corrected chi connectivity index (χ1v) is 13.5. The summed E-state index contributed by atoms with van der Waals surface area (Å²) >= 11 is 1.25. The predicted molar refractivity (Wildman–Crippen MR) is 139 cm³/mol. The first-order chi connectivity index (χ1) is 18.6. The zero-order valence-electron chi connectivity index (χ0n) is 20.9. The second-order valence-corrected chi connectivity index (χ2v) is 11.6. The quantitative estimate of drug-likeness (QED) is 0.506. The number of nitrogens with one attached hydrogen (secondary N) is 2. The standard InChI is InChI=1S/C28H25F3N4O3S/c1-15-18(16-6-3-2-4-7-16)11-20(25(37)35(15)14-28(29,30)31)33-24(36)21-10-17-12-27(13-22(17)39-21)19-8-5-9-32-23(19)34-26(27)38/h2-10,15,18,20H,11-14H2,1H3,(H,33,36)(H,32,34,38)/t15-,18-,20+,27-/m1/s1. The number of hydrogen-bond acceptors (Lipinski definition) is 5. The van der Waals surface area contributed by atoms with Gasteiger partial charge in [-0.05, 0) is 43.0 Å². The number of alkyl halides is 3. The Kier molecular flexibility index (Phi) is 6.01. The third-order valence-corrected chi connectivity index (χ3v) is 9.27. The molecule has 0 saturated carbocycles. The minimum absolute atomic E-state index is 0.121. The maximum absolute atomic E-state index is 13.4. The minimum Gasteiger partial charge on any atom is -0.340 e. The lowest BCUT2D eigenvalue weighted by Crippen LogP contribution is -2.59. The second-order valence-electron chi connectivity index (χ2n) is 10.4. The molecule has 202 valence electrons. The number of benzene rings is 1. The molecular weight excluding hydrogens is 529 g/mol. The number of fused-ring (bicyclic) bond motifs is 3. The fourth-order valence-corrected chi connectivity index (χ4v) is 7.38. The number of halogens is 3. The first kappa shape index (κ1) is 25.5. The van der Waals surface area contributed by atoms with Crippen LogP contribution >= 0.6 is 11.3 Å². The molecule has 1 aromatic carbocycles. The lowest BCUT2D eigenvalue weighted by atomic mass is 9.80. The zero-order chi connectivity index (χ0) is 27.5. The van der Waals surface area contributed by atoms with Crippen LogP contribution in [-0.4, -0.2) is 52.4 Å². The molecule has 7 nitrogen and oxygen atoms in total. The third-order valence-electron chi connectivity index (χ3n) is 8.09. The summed E-state index contributed by atoms with van der Waals surface area (Å²) in [5.74, 6) is -1.19. The first-order valence-electron chi connectivity index (χ1n) is 12.7. The van der Waals surface area contributed by atoms with Gasteiger partial charge in [-0.25, -0.2) is 4.98 Å². The van der Waals surface area contributed by atoms with Gasteiger partial charge in [0.2, 0.25) is 11.8 Å². The second kappa shape index (κ2) is 9.18. The molecule has 0 bridgehead atoms. The van der Waals surface area contributed by atoms with Gasteiger partial charge >= 0.3 is 6.18 Å². The Morgan fingerprint density at radius 3 is 2.67 bits per heavy atom. The van der Waals surface area contributed by atoms with Crippen LogP contribution in [-0.2, 0) is 27.8 Å². The van der Waals surface area contributed by atoms with E-state index in [0.29, 0.717) is 23.5 Å². The van der Waals surface area contributed by atoms with E-state index in [0.717, 1.165) is 26.5 Å². The lowest BCUT2D eigenvalue weighted by Gasteiger charge is -2.43. The smallest absolute Gasteiger partial charge is 0.340 e. The highest BCUT2D eigenvalue weighted by Gasteiger charge is 2.52. The van der Waals surface area contributed by atoms with Gasteiger partial charge in [0.25, 0.3) is 5.91 Å². The summed E-state index contributed by atoms with van der Waals surface area (Å²) in [6.07, 6.45) is -1.90. The van der Waals surface area contributed by atoms with Crippen molar-refractivity contribution in [2.24, 2.45) is 0 Å². The molecule has 2 aromatic heterocycles. The van der Waals surface area contributed by atoms with E-state index >= 15 is 0 Å². The Balaban J connectivity index is 1.22. The highest BCUT2D eigenvalue weighted by Crippen LogP contribution is 2.48. The van der Waals surface area contributed by atoms with E-state index in [2.05, 4.69) is 15.6 Å². The molecule has 1 spiro atoms. The van der Waals surface area contributed by atoms with Crippen LogP contribution in [0.15, 0.2) is 54.7 Å². The summed E-state index contributed by atoms with van der Waals surface area (Å²) in [5, 5.41) is 5.56. The maximum atomic E-state index is 13.4. The highest BCUT2D eigenvalue weighted by atomic mass is 32.1. The van der Waals surface area contributed by atoms with Crippen LogP contribution in [0.3, 0.4) is 0 Å². The molecule has 6 rings (SSSR count). The van der Waals surface area contributed by atoms with Crippen molar-refractivity contribution in [2.75, 3.05) is 11.9 Å². The summed E-state index contributed by atoms with van der Waals surface area (Å²) in [4.78, 5) is 45.7. The topological polar surface area (TPSA) is 91.4 Å². The van der Waals surface area contributed by atoms with Crippen molar-refractivity contribution >= 4 is 34.9 Å². The molecule has 0 radical (unpaired) electrons.